The Kier molecular flexibility index (Phi) is 4.40. The first-order valence-corrected chi connectivity index (χ1v) is 8.40. The van der Waals surface area contributed by atoms with Crippen LogP contribution in [-0.4, -0.2) is 29.3 Å². The predicted molar refractivity (Wildman–Crippen MR) is 94.2 cm³/mol. The SMILES string of the molecule is N#Cc1ncn2ncn(Cc3nc(CCc4ccc(Cl)cc4)no3)c(=O)c12. The van der Waals surface area contributed by atoms with Gasteiger partial charge >= 0.3 is 0 Å². The maximum absolute atomic E-state index is 12.5. The van der Waals surface area contributed by atoms with E-state index in [1.807, 2.05) is 30.3 Å². The van der Waals surface area contributed by atoms with Gasteiger partial charge in [0, 0.05) is 11.4 Å². The fourth-order valence-electron chi connectivity index (χ4n) is 2.64. The van der Waals surface area contributed by atoms with E-state index in [-0.39, 0.29) is 23.6 Å². The summed E-state index contributed by atoms with van der Waals surface area (Å²) in [5.74, 6) is 0.830. The number of nitriles is 1. The Morgan fingerprint density at radius 1 is 1.19 bits per heavy atom. The molecule has 0 radical (unpaired) electrons. The second-order valence-corrected chi connectivity index (χ2v) is 6.23. The van der Waals surface area contributed by atoms with Crippen LogP contribution < -0.4 is 5.56 Å². The molecule has 3 heterocycles. The van der Waals surface area contributed by atoms with E-state index >= 15 is 0 Å². The fraction of sp³-hybridized carbons (Fsp3) is 0.176. The van der Waals surface area contributed by atoms with Crippen molar-refractivity contribution in [3.8, 4) is 6.07 Å². The largest absolute Gasteiger partial charge is 0.337 e. The monoisotopic (exact) mass is 381 g/mol. The van der Waals surface area contributed by atoms with Crippen molar-refractivity contribution < 1.29 is 4.52 Å². The van der Waals surface area contributed by atoms with Gasteiger partial charge in [0.2, 0.25) is 5.89 Å². The van der Waals surface area contributed by atoms with Gasteiger partial charge in [-0.3, -0.25) is 9.36 Å². The van der Waals surface area contributed by atoms with Gasteiger partial charge in [-0.05, 0) is 24.1 Å². The molecule has 0 aliphatic rings. The number of hydrogen-bond acceptors (Lipinski definition) is 7. The zero-order chi connectivity index (χ0) is 18.8. The lowest BCUT2D eigenvalue weighted by molar-refractivity contribution is 0.364. The molecule has 4 rings (SSSR count). The molecular formula is C17H12ClN7O2. The molecule has 27 heavy (non-hydrogen) atoms. The van der Waals surface area contributed by atoms with Crippen molar-refractivity contribution >= 4 is 17.1 Å². The van der Waals surface area contributed by atoms with E-state index in [4.69, 9.17) is 21.4 Å². The molecule has 0 atom stereocenters. The molecule has 0 aliphatic carbocycles. The highest BCUT2D eigenvalue weighted by molar-refractivity contribution is 6.30. The Morgan fingerprint density at radius 2 is 2.00 bits per heavy atom. The van der Waals surface area contributed by atoms with Gasteiger partial charge in [0.05, 0.1) is 0 Å². The molecule has 0 spiro atoms. The van der Waals surface area contributed by atoms with Crippen molar-refractivity contribution in [3.63, 3.8) is 0 Å². The van der Waals surface area contributed by atoms with E-state index in [0.29, 0.717) is 17.3 Å². The van der Waals surface area contributed by atoms with Crippen LogP contribution in [0.25, 0.3) is 5.52 Å². The summed E-state index contributed by atoms with van der Waals surface area (Å²) >= 11 is 5.87. The Hall–Kier alpha value is -3.51. The first-order valence-electron chi connectivity index (χ1n) is 8.03. The van der Waals surface area contributed by atoms with Crippen LogP contribution in [-0.2, 0) is 19.4 Å². The van der Waals surface area contributed by atoms with Crippen LogP contribution in [0.15, 0.2) is 46.2 Å². The Bertz CT molecular complexity index is 1200. The first kappa shape index (κ1) is 16.9. The minimum Gasteiger partial charge on any atom is -0.337 e. The molecule has 3 aromatic heterocycles. The normalized spacial score (nSPS) is 11.0. The zero-order valence-electron chi connectivity index (χ0n) is 13.9. The van der Waals surface area contributed by atoms with Crippen molar-refractivity contribution in [3.05, 3.63) is 75.3 Å². The number of aryl methyl sites for hydroxylation is 2. The number of aromatic nitrogens is 6. The summed E-state index contributed by atoms with van der Waals surface area (Å²) in [4.78, 5) is 20.7. The molecule has 0 aliphatic heterocycles. The van der Waals surface area contributed by atoms with E-state index in [1.54, 1.807) is 0 Å². The molecule has 1 aromatic carbocycles. The Labute approximate surface area is 157 Å². The number of nitrogens with zero attached hydrogens (tertiary/aromatic N) is 7. The number of rotatable bonds is 5. The summed E-state index contributed by atoms with van der Waals surface area (Å²) in [5, 5.41) is 17.7. The molecule has 0 N–H and O–H groups in total. The van der Waals surface area contributed by atoms with Crippen LogP contribution in [0.1, 0.15) is 23.0 Å². The smallest absolute Gasteiger partial charge is 0.281 e. The van der Waals surface area contributed by atoms with Crippen LogP contribution in [0.2, 0.25) is 5.02 Å². The van der Waals surface area contributed by atoms with Gasteiger partial charge in [-0.15, -0.1) is 0 Å². The molecule has 0 saturated carbocycles. The summed E-state index contributed by atoms with van der Waals surface area (Å²) in [6.07, 6.45) is 4.00. The van der Waals surface area contributed by atoms with Crippen LogP contribution in [0.5, 0.6) is 0 Å². The molecule has 0 amide bonds. The second-order valence-electron chi connectivity index (χ2n) is 5.79. The average molecular weight is 382 g/mol. The van der Waals surface area contributed by atoms with Gasteiger partial charge in [0.1, 0.15) is 25.3 Å². The number of halogens is 1. The summed E-state index contributed by atoms with van der Waals surface area (Å²) in [5.41, 5.74) is 0.847. The molecule has 4 aromatic rings. The Morgan fingerprint density at radius 3 is 2.78 bits per heavy atom. The van der Waals surface area contributed by atoms with Gasteiger partial charge in [-0.2, -0.15) is 15.3 Å². The summed E-state index contributed by atoms with van der Waals surface area (Å²) in [6.45, 7) is 0.0618. The van der Waals surface area contributed by atoms with Crippen LogP contribution in [0.4, 0.5) is 0 Å². The van der Waals surface area contributed by atoms with Gasteiger partial charge in [0.25, 0.3) is 5.56 Å². The van der Waals surface area contributed by atoms with Crippen LogP contribution in [0.3, 0.4) is 0 Å². The minimum absolute atomic E-state index is 0.0241. The van der Waals surface area contributed by atoms with E-state index in [0.717, 1.165) is 12.0 Å². The number of fused-ring (bicyclic) bond motifs is 1. The number of hydrogen-bond donors (Lipinski definition) is 0. The van der Waals surface area contributed by atoms with Gasteiger partial charge in [0.15, 0.2) is 17.0 Å². The fourth-order valence-corrected chi connectivity index (χ4v) is 2.76. The van der Waals surface area contributed by atoms with Crippen molar-refractivity contribution in [2.75, 3.05) is 0 Å². The average Bonchev–Trinajstić information content (AvgIpc) is 3.30. The van der Waals surface area contributed by atoms with Crippen molar-refractivity contribution in [1.82, 2.24) is 29.3 Å². The summed E-state index contributed by atoms with van der Waals surface area (Å²) in [7, 11) is 0. The zero-order valence-corrected chi connectivity index (χ0v) is 14.7. The summed E-state index contributed by atoms with van der Waals surface area (Å²) < 4.78 is 7.79. The molecule has 134 valence electrons. The predicted octanol–water partition coefficient (Wildman–Crippen LogP) is 1.63. The third kappa shape index (κ3) is 3.43. The molecule has 9 nitrogen and oxygen atoms in total. The second kappa shape index (κ2) is 7.01. The molecular weight excluding hydrogens is 370 g/mol. The topological polar surface area (TPSA) is 115 Å². The van der Waals surface area contributed by atoms with Crippen molar-refractivity contribution in [1.29, 1.82) is 5.26 Å². The van der Waals surface area contributed by atoms with E-state index in [9.17, 15) is 4.79 Å². The minimum atomic E-state index is -0.403. The maximum atomic E-state index is 12.5. The highest BCUT2D eigenvalue weighted by Crippen LogP contribution is 2.11. The molecule has 0 bridgehead atoms. The van der Waals surface area contributed by atoms with Gasteiger partial charge in [-0.1, -0.05) is 28.9 Å². The highest BCUT2D eigenvalue weighted by Gasteiger charge is 2.14. The highest BCUT2D eigenvalue weighted by atomic mass is 35.5. The van der Waals surface area contributed by atoms with Crippen molar-refractivity contribution in [2.24, 2.45) is 0 Å². The third-order valence-corrected chi connectivity index (χ3v) is 4.25. The lowest BCUT2D eigenvalue weighted by atomic mass is 10.1. The molecule has 0 saturated heterocycles. The van der Waals surface area contributed by atoms with Crippen molar-refractivity contribution in [2.45, 2.75) is 19.4 Å². The molecule has 0 unspecified atom stereocenters. The van der Waals surface area contributed by atoms with E-state index in [1.165, 1.54) is 21.7 Å². The maximum Gasteiger partial charge on any atom is 0.281 e. The third-order valence-electron chi connectivity index (χ3n) is 4.00. The lowest BCUT2D eigenvalue weighted by Gasteiger charge is -2.01. The van der Waals surface area contributed by atoms with E-state index in [2.05, 4.69) is 20.2 Å². The number of benzene rings is 1. The van der Waals surface area contributed by atoms with E-state index < -0.39 is 5.56 Å². The quantitative estimate of drug-likeness (QED) is 0.516. The molecule has 0 fully saturated rings. The number of imidazole rings is 1. The Balaban J connectivity index is 1.50. The lowest BCUT2D eigenvalue weighted by Crippen LogP contribution is -2.23. The van der Waals surface area contributed by atoms with Gasteiger partial charge < -0.3 is 4.52 Å². The first-order chi connectivity index (χ1) is 13.1. The standard InChI is InChI=1S/C17H12ClN7O2/c18-12-4-1-11(2-5-12)3-6-14-22-15(27-23-14)8-24-10-21-25-9-20-13(7-19)16(25)17(24)26/h1-2,4-5,9-10H,3,6,8H2. The summed E-state index contributed by atoms with van der Waals surface area (Å²) in [6, 6.07) is 9.44. The van der Waals surface area contributed by atoms with Crippen LogP contribution in [0, 0.1) is 11.3 Å². The van der Waals surface area contributed by atoms with Crippen LogP contribution >= 0.6 is 11.6 Å². The molecule has 10 heteroatoms. The van der Waals surface area contributed by atoms with Gasteiger partial charge in [-0.25, -0.2) is 9.50 Å².